The molecule has 36 heavy (non-hydrogen) atoms. The van der Waals surface area contributed by atoms with Crippen LogP contribution in [0.15, 0.2) is 67.2 Å². The molecule has 8 nitrogen and oxygen atoms in total. The van der Waals surface area contributed by atoms with E-state index in [1.165, 1.54) is 0 Å². The highest BCUT2D eigenvalue weighted by Gasteiger charge is 2.29. The van der Waals surface area contributed by atoms with Gasteiger partial charge >= 0.3 is 5.97 Å². The zero-order chi connectivity index (χ0) is 25.8. The Labute approximate surface area is 211 Å². The molecule has 0 saturated carbocycles. The van der Waals surface area contributed by atoms with Gasteiger partial charge in [0.2, 0.25) is 5.82 Å². The van der Waals surface area contributed by atoms with Crippen molar-refractivity contribution in [3.8, 4) is 22.8 Å². The minimum atomic E-state index is -0.667. The minimum Gasteiger partial charge on any atom is -0.454 e. The number of allylic oxidation sites excluding steroid dienone is 1. The monoisotopic (exact) mass is 484 g/mol. The first-order valence-corrected chi connectivity index (χ1v) is 12.0. The molecule has 0 radical (unpaired) electrons. The van der Waals surface area contributed by atoms with Gasteiger partial charge in [0.1, 0.15) is 5.60 Å². The third-order valence-electron chi connectivity index (χ3n) is 6.28. The summed E-state index contributed by atoms with van der Waals surface area (Å²) in [7, 11) is 0. The van der Waals surface area contributed by atoms with Crippen LogP contribution >= 0.6 is 0 Å². The first-order valence-electron chi connectivity index (χ1n) is 12.0. The topological polar surface area (TPSA) is 109 Å². The standard InChI is InChI=1S/C28H32N6O2/c1-19(22-29-23(32-31-22)20-13-8-6-9-14-20)27(2,3)17-12-18-28(4,5)36-26(35)25-30-24(33-34-25)21-15-10-7-11-16-21/h6-11,13-16H,1,12,17-18H2,2-5H3,(H,29,31,32)(H,30,33,34). The summed E-state index contributed by atoms with van der Waals surface area (Å²) in [4.78, 5) is 21.6. The molecule has 0 fully saturated rings. The largest absolute Gasteiger partial charge is 0.454 e. The van der Waals surface area contributed by atoms with Crippen LogP contribution in [0, 0.1) is 5.41 Å². The molecule has 0 unspecified atom stereocenters. The summed E-state index contributed by atoms with van der Waals surface area (Å²) in [6.45, 7) is 12.4. The molecule has 0 amide bonds. The molecule has 2 heterocycles. The number of carbonyl (C=O) groups is 1. The van der Waals surface area contributed by atoms with Crippen LogP contribution in [0.1, 0.15) is 63.4 Å². The molecule has 8 heteroatoms. The van der Waals surface area contributed by atoms with Crippen molar-refractivity contribution in [2.24, 2.45) is 5.41 Å². The first kappa shape index (κ1) is 25.0. The number of hydrogen-bond acceptors (Lipinski definition) is 6. The van der Waals surface area contributed by atoms with Gasteiger partial charge in [0.15, 0.2) is 17.5 Å². The van der Waals surface area contributed by atoms with Gasteiger partial charge in [0.25, 0.3) is 0 Å². The fourth-order valence-electron chi connectivity index (χ4n) is 3.95. The van der Waals surface area contributed by atoms with Gasteiger partial charge in [0.05, 0.1) is 0 Å². The van der Waals surface area contributed by atoms with Crippen molar-refractivity contribution in [2.45, 2.75) is 52.6 Å². The second kappa shape index (κ2) is 10.3. The lowest BCUT2D eigenvalue weighted by molar-refractivity contribution is -0.00725. The molecular formula is C28H32N6O2. The average Bonchev–Trinajstić information content (AvgIpc) is 3.55. The summed E-state index contributed by atoms with van der Waals surface area (Å²) in [5.74, 6) is 1.37. The number of hydrogen-bond donors (Lipinski definition) is 2. The minimum absolute atomic E-state index is 0.0921. The molecule has 0 spiro atoms. The highest BCUT2D eigenvalue weighted by atomic mass is 16.6. The molecule has 186 valence electrons. The molecule has 4 rings (SSSR count). The molecule has 0 aliphatic carbocycles. The maximum atomic E-state index is 12.7. The van der Waals surface area contributed by atoms with Crippen LogP contribution in [0.25, 0.3) is 28.3 Å². The smallest absolute Gasteiger partial charge is 0.376 e. The van der Waals surface area contributed by atoms with Gasteiger partial charge < -0.3 is 4.74 Å². The van der Waals surface area contributed by atoms with E-state index in [0.29, 0.717) is 18.1 Å². The molecule has 0 saturated heterocycles. The maximum Gasteiger partial charge on any atom is 0.376 e. The highest BCUT2D eigenvalue weighted by Crippen LogP contribution is 2.37. The van der Waals surface area contributed by atoms with Gasteiger partial charge in [-0.2, -0.15) is 10.2 Å². The zero-order valence-electron chi connectivity index (χ0n) is 21.2. The number of nitrogens with one attached hydrogen (secondary N) is 2. The van der Waals surface area contributed by atoms with Crippen molar-refractivity contribution < 1.29 is 9.53 Å². The fraction of sp³-hybridized carbons (Fsp3) is 0.321. The normalized spacial score (nSPS) is 11.9. The van der Waals surface area contributed by atoms with E-state index in [2.05, 4.69) is 50.8 Å². The number of esters is 1. The Morgan fingerprint density at radius 2 is 1.50 bits per heavy atom. The van der Waals surface area contributed by atoms with Crippen LogP contribution in [-0.2, 0) is 4.74 Å². The molecule has 2 N–H and O–H groups in total. The first-order chi connectivity index (χ1) is 17.1. The summed E-state index contributed by atoms with van der Waals surface area (Å²) in [5.41, 5.74) is 1.78. The van der Waals surface area contributed by atoms with Crippen molar-refractivity contribution in [3.05, 3.63) is 78.9 Å². The maximum absolute atomic E-state index is 12.7. The van der Waals surface area contributed by atoms with Crippen molar-refractivity contribution in [2.75, 3.05) is 0 Å². The number of nitrogens with zero attached hydrogens (tertiary/aromatic N) is 4. The predicted octanol–water partition coefficient (Wildman–Crippen LogP) is 6.10. The Bertz CT molecular complexity index is 1320. The molecule has 4 aromatic rings. The molecule has 0 atom stereocenters. The molecule has 0 bridgehead atoms. The lowest BCUT2D eigenvalue weighted by Crippen LogP contribution is -2.29. The molecular weight excluding hydrogens is 452 g/mol. The van der Waals surface area contributed by atoms with Crippen molar-refractivity contribution in [3.63, 3.8) is 0 Å². The highest BCUT2D eigenvalue weighted by molar-refractivity contribution is 5.86. The van der Waals surface area contributed by atoms with Crippen molar-refractivity contribution in [1.82, 2.24) is 30.4 Å². The summed E-state index contributed by atoms with van der Waals surface area (Å²) in [6, 6.07) is 19.4. The average molecular weight is 485 g/mol. The number of carbonyl (C=O) groups excluding carboxylic acids is 1. The Kier molecular flexibility index (Phi) is 7.15. The van der Waals surface area contributed by atoms with Gasteiger partial charge in [-0.05, 0) is 44.1 Å². The van der Waals surface area contributed by atoms with E-state index in [4.69, 9.17) is 4.74 Å². The molecule has 2 aromatic heterocycles. The van der Waals surface area contributed by atoms with Crippen LogP contribution in [-0.4, -0.2) is 41.9 Å². The van der Waals surface area contributed by atoms with Gasteiger partial charge in [0, 0.05) is 11.1 Å². The van der Waals surface area contributed by atoms with E-state index in [0.717, 1.165) is 35.4 Å². The molecule has 0 aliphatic rings. The second-order valence-corrected chi connectivity index (χ2v) is 10.1. The van der Waals surface area contributed by atoms with Gasteiger partial charge in [-0.25, -0.2) is 14.8 Å². The zero-order valence-corrected chi connectivity index (χ0v) is 21.2. The Morgan fingerprint density at radius 3 is 2.17 bits per heavy atom. The fourth-order valence-corrected chi connectivity index (χ4v) is 3.95. The third kappa shape index (κ3) is 5.94. The van der Waals surface area contributed by atoms with Crippen LogP contribution in [0.5, 0.6) is 0 Å². The predicted molar refractivity (Wildman–Crippen MR) is 140 cm³/mol. The molecule has 2 aromatic carbocycles. The van der Waals surface area contributed by atoms with Crippen LogP contribution in [0.3, 0.4) is 0 Å². The number of H-pyrrole nitrogens is 2. The lowest BCUT2D eigenvalue weighted by Gasteiger charge is -2.29. The SMILES string of the molecule is C=C(c1n[nH]c(-c2ccccc2)n1)C(C)(C)CCCC(C)(C)OC(=O)c1nc(-c2ccccc2)n[nH]1. The third-order valence-corrected chi connectivity index (χ3v) is 6.28. The van der Waals surface area contributed by atoms with E-state index < -0.39 is 11.6 Å². The Morgan fingerprint density at radius 1 is 0.861 bits per heavy atom. The van der Waals surface area contributed by atoms with Crippen LogP contribution in [0.4, 0.5) is 0 Å². The molecule has 0 aliphatic heterocycles. The number of aromatic amines is 2. The number of ether oxygens (including phenoxy) is 1. The summed E-state index contributed by atoms with van der Waals surface area (Å²) >= 11 is 0. The second-order valence-electron chi connectivity index (χ2n) is 10.1. The van der Waals surface area contributed by atoms with E-state index in [9.17, 15) is 4.79 Å². The van der Waals surface area contributed by atoms with Gasteiger partial charge in [-0.1, -0.05) is 81.1 Å². The number of rotatable bonds is 10. The number of aromatic nitrogens is 6. The van der Waals surface area contributed by atoms with Gasteiger partial charge in [-0.3, -0.25) is 10.2 Å². The lowest BCUT2D eigenvalue weighted by atomic mass is 9.79. The summed E-state index contributed by atoms with van der Waals surface area (Å²) < 4.78 is 5.76. The van der Waals surface area contributed by atoms with Crippen molar-refractivity contribution in [1.29, 1.82) is 0 Å². The van der Waals surface area contributed by atoms with E-state index in [1.807, 2.05) is 74.5 Å². The van der Waals surface area contributed by atoms with E-state index >= 15 is 0 Å². The summed E-state index contributed by atoms with van der Waals surface area (Å²) in [5, 5.41) is 14.2. The van der Waals surface area contributed by atoms with Gasteiger partial charge in [-0.15, -0.1) is 0 Å². The van der Waals surface area contributed by atoms with Crippen LogP contribution < -0.4 is 0 Å². The van der Waals surface area contributed by atoms with Crippen molar-refractivity contribution >= 4 is 11.5 Å². The summed E-state index contributed by atoms with van der Waals surface area (Å²) in [6.07, 6.45) is 2.34. The quantitative estimate of drug-likeness (QED) is 0.263. The Hall–Kier alpha value is -4.07. The number of benzene rings is 2. The van der Waals surface area contributed by atoms with E-state index in [-0.39, 0.29) is 11.2 Å². The Balaban J connectivity index is 1.31. The van der Waals surface area contributed by atoms with Crippen LogP contribution in [0.2, 0.25) is 0 Å². The van der Waals surface area contributed by atoms with E-state index in [1.54, 1.807) is 0 Å².